The summed E-state index contributed by atoms with van der Waals surface area (Å²) in [4.78, 5) is 44.9. The highest BCUT2D eigenvalue weighted by Crippen LogP contribution is 2.26. The number of amides is 2. The molecule has 0 radical (unpaired) electrons. The van der Waals surface area contributed by atoms with Gasteiger partial charge in [-0.25, -0.2) is 0 Å². The average Bonchev–Trinajstić information content (AvgIpc) is 2.86. The van der Waals surface area contributed by atoms with E-state index in [0.29, 0.717) is 50.5 Å². The smallest absolute Gasteiger partial charge is 0.269 e. The molecule has 1 aliphatic rings. The molecule has 10 nitrogen and oxygen atoms in total. The van der Waals surface area contributed by atoms with Crippen LogP contribution in [0.2, 0.25) is 0 Å². The van der Waals surface area contributed by atoms with E-state index in [1.54, 1.807) is 35.4 Å². The van der Waals surface area contributed by atoms with Crippen LogP contribution in [0.5, 0.6) is 0 Å². The summed E-state index contributed by atoms with van der Waals surface area (Å²) >= 11 is 0. The maximum atomic E-state index is 13.2. The molecule has 1 aromatic carbocycles. The number of carbonyl (C=O) groups is 2. The van der Waals surface area contributed by atoms with Gasteiger partial charge in [-0.15, -0.1) is 0 Å². The lowest BCUT2D eigenvalue weighted by Gasteiger charge is -2.43. The lowest BCUT2D eigenvalue weighted by atomic mass is 9.93. The van der Waals surface area contributed by atoms with Crippen molar-refractivity contribution >= 4 is 17.5 Å². The molecule has 1 saturated heterocycles. The second-order valence-corrected chi connectivity index (χ2v) is 9.26. The third-order valence-electron chi connectivity index (χ3n) is 6.14. The lowest BCUT2D eigenvalue weighted by molar-refractivity contribution is -0.384. The monoisotopic (exact) mass is 482 g/mol. The van der Waals surface area contributed by atoms with Crippen molar-refractivity contribution < 1.29 is 14.5 Å². The van der Waals surface area contributed by atoms with Crippen molar-refractivity contribution in [3.8, 4) is 0 Å². The summed E-state index contributed by atoms with van der Waals surface area (Å²) in [6.07, 6.45) is 4.33. The molecule has 35 heavy (non-hydrogen) atoms. The number of nitro groups is 1. The number of benzene rings is 1. The Bertz CT molecular complexity index is 999. The van der Waals surface area contributed by atoms with Crippen LogP contribution in [0.4, 0.5) is 5.69 Å². The molecular weight excluding hydrogens is 448 g/mol. The maximum absolute atomic E-state index is 13.2. The number of carbonyl (C=O) groups excluding carboxylic acids is 2. The Labute approximate surface area is 205 Å². The van der Waals surface area contributed by atoms with Crippen molar-refractivity contribution in [1.82, 2.24) is 20.1 Å². The summed E-state index contributed by atoms with van der Waals surface area (Å²) in [7, 11) is 0. The molecule has 3 rings (SSSR count). The predicted octanol–water partition coefficient (Wildman–Crippen LogP) is 2.20. The lowest BCUT2D eigenvalue weighted by Crippen LogP contribution is -2.57. The van der Waals surface area contributed by atoms with E-state index < -0.39 is 11.0 Å². The van der Waals surface area contributed by atoms with E-state index in [-0.39, 0.29) is 23.5 Å². The first-order chi connectivity index (χ1) is 16.8. The first kappa shape index (κ1) is 26.2. The zero-order valence-corrected chi connectivity index (χ0v) is 20.3. The van der Waals surface area contributed by atoms with Crippen LogP contribution < -0.4 is 11.1 Å². The standard InChI is InChI=1S/C25H34N6O4/c1-18(2)16-29(17-19-5-7-21(8-6-19)31(34)35)22-9-13-30(23(14-22)24(32)28-12-10-26)25(33)20-4-3-11-27-15-20/h3-8,11,15,18,22-23H,9-10,12-14,16-17,26H2,1-2H3,(H,28,32)/t22?,23-/m1/s1. The quantitative estimate of drug-likeness (QED) is 0.391. The molecule has 3 N–H and O–H groups in total. The number of nitro benzene ring substituents is 1. The van der Waals surface area contributed by atoms with Gasteiger partial charge in [0.2, 0.25) is 5.91 Å². The molecule has 0 bridgehead atoms. The van der Waals surface area contributed by atoms with Gasteiger partial charge in [0.05, 0.1) is 10.5 Å². The highest BCUT2D eigenvalue weighted by Gasteiger charge is 2.38. The van der Waals surface area contributed by atoms with E-state index in [0.717, 1.165) is 12.1 Å². The average molecular weight is 483 g/mol. The van der Waals surface area contributed by atoms with E-state index in [1.165, 1.54) is 18.3 Å². The zero-order valence-electron chi connectivity index (χ0n) is 20.3. The minimum absolute atomic E-state index is 0.0584. The molecule has 10 heteroatoms. The van der Waals surface area contributed by atoms with E-state index >= 15 is 0 Å². The first-order valence-corrected chi connectivity index (χ1v) is 12.0. The second-order valence-electron chi connectivity index (χ2n) is 9.26. The van der Waals surface area contributed by atoms with Crippen LogP contribution >= 0.6 is 0 Å². The molecule has 0 aliphatic carbocycles. The summed E-state index contributed by atoms with van der Waals surface area (Å²) in [6.45, 7) is 6.77. The van der Waals surface area contributed by atoms with Gasteiger partial charge in [0.15, 0.2) is 0 Å². The van der Waals surface area contributed by atoms with E-state index in [2.05, 4.69) is 29.0 Å². The van der Waals surface area contributed by atoms with Crippen molar-refractivity contribution in [3.63, 3.8) is 0 Å². The molecule has 1 unspecified atom stereocenters. The number of piperidine rings is 1. The highest BCUT2D eigenvalue weighted by atomic mass is 16.6. The van der Waals surface area contributed by atoms with Crippen molar-refractivity contribution in [2.24, 2.45) is 11.7 Å². The van der Waals surface area contributed by atoms with E-state index in [1.807, 2.05) is 0 Å². The predicted molar refractivity (Wildman–Crippen MR) is 132 cm³/mol. The van der Waals surface area contributed by atoms with E-state index in [9.17, 15) is 19.7 Å². The number of likely N-dealkylation sites (tertiary alicyclic amines) is 1. The number of nitrogens with two attached hydrogens (primary N) is 1. The highest BCUT2D eigenvalue weighted by molar-refractivity contribution is 5.97. The third kappa shape index (κ3) is 7.06. The van der Waals surface area contributed by atoms with Crippen molar-refractivity contribution in [3.05, 3.63) is 70.0 Å². The second kappa shape index (κ2) is 12.4. The van der Waals surface area contributed by atoms with Gasteiger partial charge in [0.25, 0.3) is 11.6 Å². The van der Waals surface area contributed by atoms with Gasteiger partial charge >= 0.3 is 0 Å². The van der Waals surface area contributed by atoms with Crippen LogP contribution in [-0.2, 0) is 11.3 Å². The first-order valence-electron chi connectivity index (χ1n) is 12.0. The molecule has 1 aliphatic heterocycles. The number of hydrogen-bond acceptors (Lipinski definition) is 7. The van der Waals surface area contributed by atoms with Gasteiger partial charge < -0.3 is 16.0 Å². The van der Waals surface area contributed by atoms with E-state index in [4.69, 9.17) is 5.73 Å². The minimum Gasteiger partial charge on any atom is -0.353 e. The largest absolute Gasteiger partial charge is 0.353 e. The summed E-state index contributed by atoms with van der Waals surface area (Å²) in [5, 5.41) is 13.9. The molecule has 2 amide bonds. The van der Waals surface area contributed by atoms with Crippen molar-refractivity contribution in [2.45, 2.75) is 45.3 Å². The molecule has 2 aromatic rings. The van der Waals surface area contributed by atoms with Crippen LogP contribution in [0.1, 0.15) is 42.6 Å². The van der Waals surface area contributed by atoms with Crippen molar-refractivity contribution in [1.29, 1.82) is 0 Å². The van der Waals surface area contributed by atoms with Crippen LogP contribution in [0.15, 0.2) is 48.8 Å². The fourth-order valence-corrected chi connectivity index (χ4v) is 4.51. The fraction of sp³-hybridized carbons (Fsp3) is 0.480. The van der Waals surface area contributed by atoms with Crippen LogP contribution in [0.3, 0.4) is 0 Å². The van der Waals surface area contributed by atoms with Gasteiger partial charge in [-0.05, 0) is 36.5 Å². The SMILES string of the molecule is CC(C)CN(Cc1ccc([N+](=O)[O-])cc1)C1CCN(C(=O)c2cccnc2)[C@@H](C(=O)NCCN)C1. The number of non-ortho nitro benzene ring substituents is 1. The summed E-state index contributed by atoms with van der Waals surface area (Å²) in [6, 6.07) is 9.44. The summed E-state index contributed by atoms with van der Waals surface area (Å²) in [5.74, 6) is -0.0416. The molecule has 0 saturated carbocycles. The van der Waals surface area contributed by atoms with Gasteiger partial charge in [-0.2, -0.15) is 0 Å². The van der Waals surface area contributed by atoms with Crippen LogP contribution in [0, 0.1) is 16.0 Å². The minimum atomic E-state index is -0.625. The number of hydrogen-bond donors (Lipinski definition) is 2. The summed E-state index contributed by atoms with van der Waals surface area (Å²) < 4.78 is 0. The van der Waals surface area contributed by atoms with Gasteiger partial charge in [0, 0.05) is 63.3 Å². The Morgan fingerprint density at radius 2 is 2.03 bits per heavy atom. The Morgan fingerprint density at radius 1 is 1.29 bits per heavy atom. The number of rotatable bonds is 10. The Balaban J connectivity index is 1.81. The number of nitrogens with one attached hydrogen (secondary N) is 1. The summed E-state index contributed by atoms with van der Waals surface area (Å²) in [5.41, 5.74) is 7.06. The molecule has 188 valence electrons. The molecule has 2 atom stereocenters. The zero-order chi connectivity index (χ0) is 25.4. The van der Waals surface area contributed by atoms with Gasteiger partial charge in [-0.1, -0.05) is 26.0 Å². The Morgan fingerprint density at radius 3 is 2.63 bits per heavy atom. The normalized spacial score (nSPS) is 18.0. The Kier molecular flexibility index (Phi) is 9.27. The number of nitrogens with zero attached hydrogens (tertiary/aromatic N) is 4. The number of aromatic nitrogens is 1. The molecule has 1 fully saturated rings. The van der Waals surface area contributed by atoms with Gasteiger partial charge in [0.1, 0.15) is 6.04 Å². The van der Waals surface area contributed by atoms with Crippen molar-refractivity contribution in [2.75, 3.05) is 26.2 Å². The maximum Gasteiger partial charge on any atom is 0.269 e. The Hall–Kier alpha value is -3.37. The number of pyridine rings is 1. The van der Waals surface area contributed by atoms with Crippen LogP contribution in [0.25, 0.3) is 0 Å². The topological polar surface area (TPSA) is 135 Å². The molecule has 0 spiro atoms. The molecular formula is C25H34N6O4. The van der Waals surface area contributed by atoms with Gasteiger partial charge in [-0.3, -0.25) is 29.6 Å². The third-order valence-corrected chi connectivity index (χ3v) is 6.14. The van der Waals surface area contributed by atoms with Crippen LogP contribution in [-0.4, -0.2) is 69.8 Å². The fourth-order valence-electron chi connectivity index (χ4n) is 4.51. The molecule has 2 heterocycles. The molecule has 1 aromatic heterocycles.